The lowest BCUT2D eigenvalue weighted by atomic mass is 10.1. The molecule has 0 aliphatic heterocycles. The molecule has 4 heteroatoms. The van der Waals surface area contributed by atoms with Crippen LogP contribution >= 0.6 is 0 Å². The van der Waals surface area contributed by atoms with Gasteiger partial charge < -0.3 is 5.11 Å². The maximum absolute atomic E-state index is 10.1. The van der Waals surface area contributed by atoms with Crippen molar-refractivity contribution in [2.45, 2.75) is 6.92 Å². The van der Waals surface area contributed by atoms with Crippen molar-refractivity contribution in [1.82, 2.24) is 14.8 Å². The minimum absolute atomic E-state index is 0.183. The number of para-hydroxylation sites is 2. The summed E-state index contributed by atoms with van der Waals surface area (Å²) in [6.45, 7) is 5.66. The second-order valence-electron chi connectivity index (χ2n) is 4.67. The highest BCUT2D eigenvalue weighted by Crippen LogP contribution is 2.29. The Hall–Kier alpha value is -2.88. The number of rotatable bonds is 3. The standard InChI is InChI=1S/C17H15N3O/c1-3-13-8-4-6-10-15(13)20-17(18-12(2)19-20)14-9-5-7-11-16(14)21/h3-11,21H,1H2,2H3. The van der Waals surface area contributed by atoms with E-state index in [2.05, 4.69) is 16.7 Å². The van der Waals surface area contributed by atoms with Gasteiger partial charge in [0.1, 0.15) is 11.6 Å². The minimum atomic E-state index is 0.183. The van der Waals surface area contributed by atoms with Crippen LogP contribution in [0.1, 0.15) is 11.4 Å². The van der Waals surface area contributed by atoms with E-state index in [-0.39, 0.29) is 5.75 Å². The van der Waals surface area contributed by atoms with Crippen molar-refractivity contribution >= 4 is 6.08 Å². The number of aromatic nitrogens is 3. The number of aromatic hydroxyl groups is 1. The molecule has 1 N–H and O–H groups in total. The third-order valence-corrected chi connectivity index (χ3v) is 3.24. The fourth-order valence-electron chi connectivity index (χ4n) is 2.27. The molecule has 0 atom stereocenters. The Morgan fingerprint density at radius 2 is 1.81 bits per heavy atom. The van der Waals surface area contributed by atoms with Gasteiger partial charge in [-0.05, 0) is 30.7 Å². The van der Waals surface area contributed by atoms with Gasteiger partial charge in [-0.3, -0.25) is 0 Å². The third-order valence-electron chi connectivity index (χ3n) is 3.24. The van der Waals surface area contributed by atoms with E-state index in [4.69, 9.17) is 0 Å². The van der Waals surface area contributed by atoms with Crippen LogP contribution in [0.2, 0.25) is 0 Å². The molecule has 1 aromatic heterocycles. The molecule has 21 heavy (non-hydrogen) atoms. The largest absolute Gasteiger partial charge is 0.507 e. The zero-order valence-electron chi connectivity index (χ0n) is 11.7. The second-order valence-corrected chi connectivity index (χ2v) is 4.67. The molecular formula is C17H15N3O. The van der Waals surface area contributed by atoms with Gasteiger partial charge in [-0.2, -0.15) is 5.10 Å². The highest BCUT2D eigenvalue weighted by Gasteiger charge is 2.15. The maximum atomic E-state index is 10.1. The Balaban J connectivity index is 2.26. The second kappa shape index (κ2) is 5.25. The summed E-state index contributed by atoms with van der Waals surface area (Å²) in [6.07, 6.45) is 1.78. The van der Waals surface area contributed by atoms with Gasteiger partial charge in [-0.1, -0.05) is 43.0 Å². The molecule has 0 saturated carbocycles. The predicted molar refractivity (Wildman–Crippen MR) is 83.3 cm³/mol. The van der Waals surface area contributed by atoms with Crippen LogP contribution in [0.25, 0.3) is 23.2 Å². The van der Waals surface area contributed by atoms with Crippen molar-refractivity contribution < 1.29 is 5.11 Å². The van der Waals surface area contributed by atoms with Gasteiger partial charge in [0, 0.05) is 0 Å². The predicted octanol–water partition coefficient (Wildman–Crippen LogP) is 3.59. The summed E-state index contributed by atoms with van der Waals surface area (Å²) in [5, 5.41) is 14.5. The molecule has 3 aromatic rings. The number of nitrogens with zero attached hydrogens (tertiary/aromatic N) is 3. The molecule has 0 aliphatic carbocycles. The summed E-state index contributed by atoms with van der Waals surface area (Å²) in [4.78, 5) is 4.45. The molecule has 0 saturated heterocycles. The lowest BCUT2D eigenvalue weighted by molar-refractivity contribution is 0.476. The topological polar surface area (TPSA) is 50.9 Å². The van der Waals surface area contributed by atoms with Gasteiger partial charge in [-0.25, -0.2) is 9.67 Å². The molecule has 0 fully saturated rings. The Bertz CT molecular complexity index is 805. The van der Waals surface area contributed by atoms with E-state index in [0.717, 1.165) is 11.3 Å². The summed E-state index contributed by atoms with van der Waals surface area (Å²) < 4.78 is 1.74. The Morgan fingerprint density at radius 1 is 1.10 bits per heavy atom. The highest BCUT2D eigenvalue weighted by atomic mass is 16.3. The first-order valence-corrected chi connectivity index (χ1v) is 6.64. The van der Waals surface area contributed by atoms with E-state index in [1.54, 1.807) is 22.9 Å². The first-order valence-electron chi connectivity index (χ1n) is 6.64. The van der Waals surface area contributed by atoms with Crippen molar-refractivity contribution in [3.63, 3.8) is 0 Å². The Morgan fingerprint density at radius 3 is 2.57 bits per heavy atom. The van der Waals surface area contributed by atoms with Gasteiger partial charge in [0.15, 0.2) is 5.82 Å². The van der Waals surface area contributed by atoms with Gasteiger partial charge in [-0.15, -0.1) is 0 Å². The molecule has 2 aromatic carbocycles. The van der Waals surface area contributed by atoms with Crippen LogP contribution in [-0.4, -0.2) is 19.9 Å². The number of phenolic OH excluding ortho intramolecular Hbond substituents is 1. The first-order chi connectivity index (χ1) is 10.2. The summed E-state index contributed by atoms with van der Waals surface area (Å²) in [7, 11) is 0. The fraction of sp³-hybridized carbons (Fsp3) is 0.0588. The van der Waals surface area contributed by atoms with Crippen LogP contribution in [0.4, 0.5) is 0 Å². The molecule has 1 heterocycles. The molecule has 0 aliphatic rings. The number of hydrogen-bond donors (Lipinski definition) is 1. The van der Waals surface area contributed by atoms with E-state index < -0.39 is 0 Å². The number of phenols is 1. The molecule has 0 radical (unpaired) electrons. The van der Waals surface area contributed by atoms with Gasteiger partial charge >= 0.3 is 0 Å². The van der Waals surface area contributed by atoms with Gasteiger partial charge in [0.25, 0.3) is 0 Å². The average molecular weight is 277 g/mol. The smallest absolute Gasteiger partial charge is 0.167 e. The molecule has 3 rings (SSSR count). The van der Waals surface area contributed by atoms with Crippen LogP contribution in [0.5, 0.6) is 5.75 Å². The summed E-state index contributed by atoms with van der Waals surface area (Å²) in [6, 6.07) is 14.9. The van der Waals surface area contributed by atoms with Crippen molar-refractivity contribution in [3.05, 3.63) is 66.5 Å². The lowest BCUT2D eigenvalue weighted by Crippen LogP contribution is -2.02. The maximum Gasteiger partial charge on any atom is 0.167 e. The van der Waals surface area contributed by atoms with Crippen LogP contribution in [0.15, 0.2) is 55.1 Å². The number of aryl methyl sites for hydroxylation is 1. The van der Waals surface area contributed by atoms with E-state index in [1.165, 1.54) is 0 Å². The van der Waals surface area contributed by atoms with Crippen LogP contribution in [0.3, 0.4) is 0 Å². The third kappa shape index (κ3) is 2.31. The molecule has 0 unspecified atom stereocenters. The zero-order valence-corrected chi connectivity index (χ0v) is 11.7. The number of hydrogen-bond acceptors (Lipinski definition) is 3. The van der Waals surface area contributed by atoms with E-state index in [0.29, 0.717) is 17.2 Å². The SMILES string of the molecule is C=Cc1ccccc1-n1nc(C)nc1-c1ccccc1O. The monoisotopic (exact) mass is 277 g/mol. The van der Waals surface area contributed by atoms with Crippen LogP contribution in [-0.2, 0) is 0 Å². The zero-order chi connectivity index (χ0) is 14.8. The van der Waals surface area contributed by atoms with E-state index >= 15 is 0 Å². The van der Waals surface area contributed by atoms with Crippen molar-refractivity contribution in [3.8, 4) is 22.8 Å². The molecule has 0 spiro atoms. The summed E-state index contributed by atoms with van der Waals surface area (Å²) >= 11 is 0. The number of benzene rings is 2. The van der Waals surface area contributed by atoms with Crippen LogP contribution in [0, 0.1) is 6.92 Å². The van der Waals surface area contributed by atoms with Crippen molar-refractivity contribution in [2.24, 2.45) is 0 Å². The van der Waals surface area contributed by atoms with Gasteiger partial charge in [0.2, 0.25) is 0 Å². The van der Waals surface area contributed by atoms with E-state index in [1.807, 2.05) is 43.3 Å². The van der Waals surface area contributed by atoms with E-state index in [9.17, 15) is 5.11 Å². The first kappa shape index (κ1) is 13.1. The van der Waals surface area contributed by atoms with Crippen LogP contribution < -0.4 is 0 Å². The lowest BCUT2D eigenvalue weighted by Gasteiger charge is -2.09. The Labute approximate surface area is 123 Å². The molecule has 0 bridgehead atoms. The molecule has 104 valence electrons. The molecular weight excluding hydrogens is 262 g/mol. The highest BCUT2D eigenvalue weighted by molar-refractivity contribution is 5.68. The fourth-order valence-corrected chi connectivity index (χ4v) is 2.27. The normalized spacial score (nSPS) is 10.5. The van der Waals surface area contributed by atoms with Gasteiger partial charge in [0.05, 0.1) is 11.3 Å². The summed E-state index contributed by atoms with van der Waals surface area (Å²) in [5.74, 6) is 1.44. The minimum Gasteiger partial charge on any atom is -0.507 e. The molecule has 0 amide bonds. The Kier molecular flexibility index (Phi) is 3.28. The molecule has 4 nitrogen and oxygen atoms in total. The van der Waals surface area contributed by atoms with Crippen molar-refractivity contribution in [2.75, 3.05) is 0 Å². The summed E-state index contributed by atoms with van der Waals surface area (Å²) in [5.41, 5.74) is 2.49. The average Bonchev–Trinajstić information content (AvgIpc) is 2.89. The van der Waals surface area contributed by atoms with Crippen molar-refractivity contribution in [1.29, 1.82) is 0 Å². The quantitative estimate of drug-likeness (QED) is 0.796.